The number of fused-ring (bicyclic) bond motifs is 1. The number of Topliss-reactive ketones (excluding diaryl/α,β-unsaturated/α-hetero) is 1. The van der Waals surface area contributed by atoms with Crippen molar-refractivity contribution < 1.29 is 32.4 Å². The number of carbonyl (C=O) groups excluding carboxylic acids is 1. The molecule has 8 heteroatoms. The van der Waals surface area contributed by atoms with Gasteiger partial charge in [-0.3, -0.25) is 4.79 Å². The van der Waals surface area contributed by atoms with Gasteiger partial charge in [0.1, 0.15) is 5.75 Å². The molecule has 1 aliphatic rings. The lowest BCUT2D eigenvalue weighted by molar-refractivity contribution is -0.274. The van der Waals surface area contributed by atoms with Crippen molar-refractivity contribution in [2.45, 2.75) is 19.4 Å². The molecule has 0 aliphatic carbocycles. The van der Waals surface area contributed by atoms with Crippen LogP contribution in [0.25, 0.3) is 0 Å². The number of carbonyl (C=O) groups is 1. The Labute approximate surface area is 136 Å². The molecule has 2 aromatic carbocycles. The number of alkyl halides is 3. The van der Waals surface area contributed by atoms with Gasteiger partial charge in [0.2, 0.25) is 0 Å². The summed E-state index contributed by atoms with van der Waals surface area (Å²) in [6, 6.07) is 10.3. The molecule has 0 saturated heterocycles. The molecule has 24 heavy (non-hydrogen) atoms. The second-order valence-electron chi connectivity index (χ2n) is 5.34. The summed E-state index contributed by atoms with van der Waals surface area (Å²) >= 11 is 0. The topological polar surface area (TPSA) is 55.8 Å². The van der Waals surface area contributed by atoms with Gasteiger partial charge in [-0.1, -0.05) is 30.3 Å². The third-order valence-corrected chi connectivity index (χ3v) is 3.65. The second kappa shape index (κ2) is 6.29. The maximum absolute atomic E-state index is 12.4. The number of benzene rings is 2. The summed E-state index contributed by atoms with van der Waals surface area (Å²) in [7, 11) is -1.05. The standard InChI is InChI=1S/C16H12BF3O4/c18-16(19,20)24-15-4-2-1-3-12(15)14(21)8-10-5-6-11-9-23-17(22)13(11)7-10/h1-7,22H,8-9H2. The molecule has 1 heterocycles. The predicted octanol–water partition coefficient (Wildman–Crippen LogP) is 2.23. The predicted molar refractivity (Wildman–Crippen MR) is 80.0 cm³/mol. The van der Waals surface area contributed by atoms with Crippen molar-refractivity contribution in [3.05, 3.63) is 59.2 Å². The van der Waals surface area contributed by atoms with Crippen LogP contribution in [0.15, 0.2) is 42.5 Å². The fourth-order valence-corrected chi connectivity index (χ4v) is 2.57. The van der Waals surface area contributed by atoms with Gasteiger partial charge in [-0.05, 0) is 28.7 Å². The minimum atomic E-state index is -4.87. The summed E-state index contributed by atoms with van der Waals surface area (Å²) in [4.78, 5) is 12.4. The zero-order valence-corrected chi connectivity index (χ0v) is 12.3. The van der Waals surface area contributed by atoms with Gasteiger partial charge in [0.15, 0.2) is 5.78 Å². The van der Waals surface area contributed by atoms with Gasteiger partial charge in [0, 0.05) is 6.42 Å². The molecule has 0 aromatic heterocycles. The van der Waals surface area contributed by atoms with E-state index in [0.29, 0.717) is 11.0 Å². The highest BCUT2D eigenvalue weighted by Gasteiger charge is 2.33. The quantitative estimate of drug-likeness (QED) is 0.687. The first-order valence-electron chi connectivity index (χ1n) is 7.13. The Balaban J connectivity index is 1.82. The summed E-state index contributed by atoms with van der Waals surface area (Å²) < 4.78 is 46.3. The summed E-state index contributed by atoms with van der Waals surface area (Å²) in [6.07, 6.45) is -4.98. The van der Waals surface area contributed by atoms with Crippen molar-refractivity contribution in [3.8, 4) is 5.75 Å². The van der Waals surface area contributed by atoms with E-state index in [1.165, 1.54) is 18.2 Å². The van der Waals surface area contributed by atoms with E-state index in [9.17, 15) is 23.0 Å². The molecular formula is C16H12BF3O4. The van der Waals surface area contributed by atoms with E-state index in [-0.39, 0.29) is 18.6 Å². The number of ether oxygens (including phenoxy) is 1. The number of halogens is 3. The monoisotopic (exact) mass is 336 g/mol. The van der Waals surface area contributed by atoms with E-state index < -0.39 is 25.0 Å². The summed E-state index contributed by atoms with van der Waals surface area (Å²) in [5, 5.41) is 9.68. The number of hydrogen-bond donors (Lipinski definition) is 1. The van der Waals surface area contributed by atoms with Crippen LogP contribution in [0.4, 0.5) is 13.2 Å². The van der Waals surface area contributed by atoms with Crippen molar-refractivity contribution in [2.75, 3.05) is 0 Å². The van der Waals surface area contributed by atoms with Gasteiger partial charge >= 0.3 is 13.5 Å². The first-order chi connectivity index (χ1) is 11.3. The van der Waals surface area contributed by atoms with Gasteiger partial charge < -0.3 is 14.4 Å². The zero-order chi connectivity index (χ0) is 17.3. The Hall–Kier alpha value is -2.32. The molecule has 0 amide bonds. The van der Waals surface area contributed by atoms with Gasteiger partial charge in [-0.15, -0.1) is 13.2 Å². The molecule has 124 valence electrons. The molecule has 0 saturated carbocycles. The van der Waals surface area contributed by atoms with Crippen LogP contribution in [-0.2, 0) is 17.7 Å². The third-order valence-electron chi connectivity index (χ3n) is 3.65. The largest absolute Gasteiger partial charge is 0.573 e. The van der Waals surface area contributed by atoms with Gasteiger partial charge in [-0.2, -0.15) is 0 Å². The van der Waals surface area contributed by atoms with Crippen LogP contribution in [0, 0.1) is 0 Å². The smallest absolute Gasteiger partial charge is 0.423 e. The second-order valence-corrected chi connectivity index (χ2v) is 5.34. The number of hydrogen-bond acceptors (Lipinski definition) is 4. The van der Waals surface area contributed by atoms with E-state index >= 15 is 0 Å². The number of rotatable bonds is 4. The summed E-state index contributed by atoms with van der Waals surface area (Å²) in [6.45, 7) is 0.285. The molecule has 3 rings (SSSR count). The van der Waals surface area contributed by atoms with Gasteiger partial charge in [-0.25, -0.2) is 0 Å². The van der Waals surface area contributed by atoms with Gasteiger partial charge in [0.25, 0.3) is 0 Å². The molecule has 1 aliphatic heterocycles. The molecule has 2 aromatic rings. The van der Waals surface area contributed by atoms with Crippen LogP contribution < -0.4 is 10.2 Å². The maximum Gasteiger partial charge on any atom is 0.573 e. The van der Waals surface area contributed by atoms with Crippen molar-refractivity contribution in [2.24, 2.45) is 0 Å². The van der Waals surface area contributed by atoms with E-state index in [0.717, 1.165) is 11.6 Å². The molecule has 4 nitrogen and oxygen atoms in total. The number of para-hydroxylation sites is 1. The SMILES string of the molecule is O=C(Cc1ccc2c(c1)B(O)OC2)c1ccccc1OC(F)(F)F. The molecule has 0 spiro atoms. The highest BCUT2D eigenvalue weighted by Crippen LogP contribution is 2.27. The number of ketones is 1. The maximum atomic E-state index is 12.4. The van der Waals surface area contributed by atoms with Crippen molar-refractivity contribution in [1.29, 1.82) is 0 Å². The lowest BCUT2D eigenvalue weighted by Gasteiger charge is -2.12. The molecule has 0 fully saturated rings. The Morgan fingerprint density at radius 2 is 2.00 bits per heavy atom. The molecule has 0 unspecified atom stereocenters. The van der Waals surface area contributed by atoms with E-state index in [2.05, 4.69) is 4.74 Å². The fourth-order valence-electron chi connectivity index (χ4n) is 2.57. The fraction of sp³-hybridized carbons (Fsp3) is 0.188. The highest BCUT2D eigenvalue weighted by atomic mass is 19.4. The van der Waals surface area contributed by atoms with Crippen LogP contribution in [0.5, 0.6) is 5.75 Å². The average Bonchev–Trinajstić information content (AvgIpc) is 2.87. The van der Waals surface area contributed by atoms with Crippen LogP contribution in [-0.4, -0.2) is 24.3 Å². The minimum Gasteiger partial charge on any atom is -0.423 e. The first-order valence-corrected chi connectivity index (χ1v) is 7.13. The molecule has 0 bridgehead atoms. The molecule has 1 N–H and O–H groups in total. The van der Waals surface area contributed by atoms with E-state index in [1.807, 2.05) is 0 Å². The van der Waals surface area contributed by atoms with E-state index in [1.54, 1.807) is 18.2 Å². The van der Waals surface area contributed by atoms with Crippen LogP contribution >= 0.6 is 0 Å². The Morgan fingerprint density at radius 3 is 2.75 bits per heavy atom. The Bertz CT molecular complexity index is 776. The first kappa shape index (κ1) is 16.5. The van der Waals surface area contributed by atoms with Crippen molar-refractivity contribution in [3.63, 3.8) is 0 Å². The molecule has 0 atom stereocenters. The summed E-state index contributed by atoms with van der Waals surface area (Å²) in [5.74, 6) is -1.04. The van der Waals surface area contributed by atoms with Gasteiger partial charge in [0.05, 0.1) is 12.2 Å². The third kappa shape index (κ3) is 3.60. The van der Waals surface area contributed by atoms with E-state index in [4.69, 9.17) is 4.65 Å². The van der Waals surface area contributed by atoms with Crippen molar-refractivity contribution >= 4 is 18.4 Å². The van der Waals surface area contributed by atoms with Crippen LogP contribution in [0.3, 0.4) is 0 Å². The minimum absolute atomic E-state index is 0.113. The Morgan fingerprint density at radius 1 is 1.25 bits per heavy atom. The lowest BCUT2D eigenvalue weighted by atomic mass is 9.78. The highest BCUT2D eigenvalue weighted by molar-refractivity contribution is 6.61. The lowest BCUT2D eigenvalue weighted by Crippen LogP contribution is -2.28. The molecular weight excluding hydrogens is 324 g/mol. The normalized spacial score (nSPS) is 13.8. The zero-order valence-electron chi connectivity index (χ0n) is 12.3. The average molecular weight is 336 g/mol. The molecule has 0 radical (unpaired) electrons. The van der Waals surface area contributed by atoms with Crippen LogP contribution in [0.1, 0.15) is 21.5 Å². The van der Waals surface area contributed by atoms with Crippen molar-refractivity contribution in [1.82, 2.24) is 0 Å². The van der Waals surface area contributed by atoms with Crippen LogP contribution in [0.2, 0.25) is 0 Å². The summed E-state index contributed by atoms with van der Waals surface area (Å²) in [5.41, 5.74) is 1.82. The Kier molecular flexibility index (Phi) is 4.34.